The van der Waals surface area contributed by atoms with Crippen molar-refractivity contribution < 1.29 is 55.0 Å². The number of ether oxygens (including phenoxy) is 4. The lowest BCUT2D eigenvalue weighted by molar-refractivity contribution is 0.129. The molecular formula is C52H63Cl3N8O12S4. The van der Waals surface area contributed by atoms with Crippen molar-refractivity contribution >= 4 is 124 Å². The molecule has 6 rings (SSSR count). The summed E-state index contributed by atoms with van der Waals surface area (Å²) in [5, 5.41) is 9.22. The number of nitrogen functional groups attached to an aromatic ring is 1. The van der Waals surface area contributed by atoms with Gasteiger partial charge in [-0.25, -0.2) is 55.4 Å². The van der Waals surface area contributed by atoms with Crippen molar-refractivity contribution in [2.24, 2.45) is 0 Å². The second kappa shape index (κ2) is 29.4. The van der Waals surface area contributed by atoms with E-state index in [1.807, 2.05) is 12.1 Å². The Morgan fingerprint density at radius 3 is 1.33 bits per heavy atom. The molecule has 0 saturated carbocycles. The Balaban J connectivity index is 0.000000307. The quantitative estimate of drug-likeness (QED) is 0.0214. The summed E-state index contributed by atoms with van der Waals surface area (Å²) in [5.41, 5.74) is 8.04. The molecule has 7 N–H and O–H groups in total. The fraction of sp³-hybridized carbons (Fsp3) is 0.346. The summed E-state index contributed by atoms with van der Waals surface area (Å²) >= 11 is 18.1. The summed E-state index contributed by atoms with van der Waals surface area (Å²) in [4.78, 5) is 55.6. The number of carbonyl (C=O) groups is 4. The zero-order valence-corrected chi connectivity index (χ0v) is 50.4. The summed E-state index contributed by atoms with van der Waals surface area (Å²) in [6, 6.07) is 23.6. The summed E-state index contributed by atoms with van der Waals surface area (Å²) in [6.45, 7) is 17.8. The van der Waals surface area contributed by atoms with Crippen LogP contribution in [0.2, 0.25) is 0 Å². The van der Waals surface area contributed by atoms with Crippen molar-refractivity contribution in [3.63, 3.8) is 0 Å². The molecule has 79 heavy (non-hydrogen) atoms. The van der Waals surface area contributed by atoms with Crippen LogP contribution in [0.4, 0.5) is 41.9 Å². The predicted octanol–water partition coefficient (Wildman–Crippen LogP) is 13.0. The summed E-state index contributed by atoms with van der Waals surface area (Å²) in [7, 11) is -7.79. The van der Waals surface area contributed by atoms with E-state index in [0.29, 0.717) is 53.8 Å². The first-order chi connectivity index (χ1) is 36.9. The van der Waals surface area contributed by atoms with E-state index in [1.54, 1.807) is 142 Å². The predicted molar refractivity (Wildman–Crippen MR) is 315 cm³/mol. The minimum Gasteiger partial charge on any atom is -0.452 e. The zero-order chi connectivity index (χ0) is 58.9. The highest BCUT2D eigenvalue weighted by Crippen LogP contribution is 2.39. The van der Waals surface area contributed by atoms with E-state index in [-0.39, 0.29) is 46.8 Å². The van der Waals surface area contributed by atoms with E-state index in [0.717, 1.165) is 11.1 Å². The highest BCUT2D eigenvalue weighted by atomic mass is 35.5. The summed E-state index contributed by atoms with van der Waals surface area (Å²) in [5.74, 6) is 0.428. The molecule has 0 saturated heterocycles. The van der Waals surface area contributed by atoms with Gasteiger partial charge in [-0.05, 0) is 142 Å². The number of nitrogens with two attached hydrogens (primary N) is 1. The summed E-state index contributed by atoms with van der Waals surface area (Å²) in [6.07, 6.45) is 0.990. The second-order valence-electron chi connectivity index (χ2n) is 19.3. The number of hydrogen-bond donors (Lipinski definition) is 6. The van der Waals surface area contributed by atoms with Gasteiger partial charge in [0.25, 0.3) is 0 Å². The molecular weight excluding hydrogens is 1160 g/mol. The van der Waals surface area contributed by atoms with E-state index >= 15 is 0 Å². The monoisotopic (exact) mass is 1220 g/mol. The van der Waals surface area contributed by atoms with Crippen LogP contribution < -0.4 is 31.1 Å². The van der Waals surface area contributed by atoms with Crippen molar-refractivity contribution in [2.45, 2.75) is 102 Å². The first kappa shape index (κ1) is 65.4. The average molecular weight is 1230 g/mol. The van der Waals surface area contributed by atoms with E-state index in [2.05, 4.69) is 40.1 Å². The molecule has 0 aliphatic rings. The normalized spacial score (nSPS) is 11.6. The summed E-state index contributed by atoms with van der Waals surface area (Å²) < 4.78 is 77.5. The number of amides is 3. The molecule has 27 heteroatoms. The maximum atomic E-state index is 13.4. The highest BCUT2D eigenvalue weighted by Gasteiger charge is 2.28. The molecule has 0 radical (unpaired) electrons. The van der Waals surface area contributed by atoms with Crippen molar-refractivity contribution in [1.82, 2.24) is 19.4 Å². The molecule has 428 valence electrons. The SMILES string of the molecule is CC(C)OC(=O)Nc1ccc(-c2ncc(-c3ccc(N)cc3S(=O)(=O)NC(C)(C)C)s2)cc1.CC(C)OC(=O)Nc1ccc(-c2ncc(-c3ccc(NC(=O)OCCCl)cc3S(=O)(=O)NC(C)(C)C)s2)cc1.O=C(Cl)OCCCl. The van der Waals surface area contributed by atoms with E-state index in [4.69, 9.17) is 54.7 Å². The lowest BCUT2D eigenvalue weighted by Gasteiger charge is -2.22. The third-order valence-corrected chi connectivity index (χ3v) is 15.5. The Labute approximate surface area is 483 Å². The molecule has 4 aromatic carbocycles. The molecule has 0 spiro atoms. The molecule has 2 heterocycles. The largest absolute Gasteiger partial charge is 0.452 e. The minimum absolute atomic E-state index is 0.0188. The molecule has 0 atom stereocenters. The van der Waals surface area contributed by atoms with E-state index < -0.39 is 54.8 Å². The first-order valence-electron chi connectivity index (χ1n) is 24.0. The second-order valence-corrected chi connectivity index (χ2v) is 25.7. The Bertz CT molecular complexity index is 3250. The number of alkyl halides is 2. The number of rotatable bonds is 17. The van der Waals surface area contributed by atoms with Gasteiger partial charge in [-0.1, -0.05) is 12.1 Å². The van der Waals surface area contributed by atoms with Crippen LogP contribution in [0.15, 0.2) is 107 Å². The number of anilines is 4. The Morgan fingerprint density at radius 2 is 0.949 bits per heavy atom. The van der Waals surface area contributed by atoms with Crippen LogP contribution in [-0.4, -0.2) is 98.8 Å². The van der Waals surface area contributed by atoms with Gasteiger partial charge in [-0.2, -0.15) is 0 Å². The minimum atomic E-state index is -3.99. The number of halogens is 3. The van der Waals surface area contributed by atoms with Gasteiger partial charge >= 0.3 is 23.7 Å². The standard InChI is InChI=1S/C26H31ClN4O6S2.C23H28N4O4S2.C3H4Cl2O2/c1-16(2)37-25(33)29-18-8-6-17(7-9-18)23-28-15-21(38-23)20-11-10-19(30-24(32)36-13-12-27)14-22(20)39(34,35)31-26(3,4)5;1-14(2)31-22(28)26-17-9-6-15(7-10-17)21-25-13-19(32-21)18-11-8-16(24)12-20(18)33(29,30)27-23(3,4)5;4-1-2-7-3(5)6/h6-11,14-16,31H,12-13H2,1-5H3,(H,29,33)(H,30,32);6-14,27H,24H2,1-5H3,(H,26,28);1-2H2. The van der Waals surface area contributed by atoms with Crippen molar-refractivity contribution in [3.8, 4) is 42.0 Å². The maximum absolute atomic E-state index is 13.4. The number of carbonyl (C=O) groups excluding carboxylic acids is 4. The van der Waals surface area contributed by atoms with Crippen LogP contribution in [0.5, 0.6) is 0 Å². The number of benzene rings is 4. The van der Waals surface area contributed by atoms with Gasteiger partial charge in [0.15, 0.2) is 0 Å². The number of nitrogens with one attached hydrogen (secondary N) is 5. The van der Waals surface area contributed by atoms with Crippen molar-refractivity contribution in [1.29, 1.82) is 0 Å². The molecule has 0 aliphatic heterocycles. The Morgan fingerprint density at radius 1 is 0.570 bits per heavy atom. The van der Waals surface area contributed by atoms with Gasteiger partial charge in [0.05, 0.1) is 43.5 Å². The lowest BCUT2D eigenvalue weighted by Crippen LogP contribution is -2.40. The van der Waals surface area contributed by atoms with Crippen LogP contribution in [0.25, 0.3) is 42.0 Å². The molecule has 3 amide bonds. The van der Waals surface area contributed by atoms with Crippen LogP contribution in [0, 0.1) is 0 Å². The molecule has 0 unspecified atom stereocenters. The van der Waals surface area contributed by atoms with Gasteiger partial charge < -0.3 is 24.7 Å². The Kier molecular flexibility index (Phi) is 24.3. The van der Waals surface area contributed by atoms with Gasteiger partial charge in [0.1, 0.15) is 23.2 Å². The van der Waals surface area contributed by atoms with Crippen molar-refractivity contribution in [2.75, 3.05) is 46.7 Å². The van der Waals surface area contributed by atoms with Gasteiger partial charge in [0, 0.05) is 80.1 Å². The third kappa shape index (κ3) is 22.2. The van der Waals surface area contributed by atoms with Crippen LogP contribution >= 0.6 is 57.5 Å². The van der Waals surface area contributed by atoms with Crippen LogP contribution in [0.3, 0.4) is 0 Å². The lowest BCUT2D eigenvalue weighted by atomic mass is 10.1. The highest BCUT2D eigenvalue weighted by molar-refractivity contribution is 7.90. The number of nitrogens with zero attached hydrogens (tertiary/aromatic N) is 2. The number of sulfonamides is 2. The van der Waals surface area contributed by atoms with Crippen molar-refractivity contribution in [3.05, 3.63) is 97.3 Å². The van der Waals surface area contributed by atoms with E-state index in [9.17, 15) is 36.0 Å². The Hall–Kier alpha value is -6.09. The molecule has 0 aliphatic carbocycles. The fourth-order valence-corrected chi connectivity index (χ4v) is 12.1. The topological polar surface area (TPSA) is 285 Å². The molecule has 6 aromatic rings. The first-order valence-corrected chi connectivity index (χ1v) is 30.0. The van der Waals surface area contributed by atoms with Crippen LogP contribution in [-0.2, 0) is 39.0 Å². The third-order valence-electron chi connectivity index (χ3n) is 9.28. The molecule has 2 aromatic heterocycles. The maximum Gasteiger partial charge on any atom is 0.411 e. The fourth-order valence-electron chi connectivity index (χ4n) is 6.49. The zero-order valence-electron chi connectivity index (χ0n) is 44.9. The van der Waals surface area contributed by atoms with Gasteiger partial charge in [0.2, 0.25) is 20.0 Å². The van der Waals surface area contributed by atoms with Gasteiger partial charge in [-0.3, -0.25) is 16.0 Å². The van der Waals surface area contributed by atoms with Crippen LogP contribution in [0.1, 0.15) is 69.2 Å². The molecule has 0 fully saturated rings. The number of aromatic nitrogens is 2. The van der Waals surface area contributed by atoms with Gasteiger partial charge in [-0.15, -0.1) is 45.9 Å². The molecule has 20 nitrogen and oxygen atoms in total. The molecule has 0 bridgehead atoms. The number of hydrogen-bond acceptors (Lipinski definition) is 17. The number of thiazole rings is 2. The smallest absolute Gasteiger partial charge is 0.411 e. The van der Waals surface area contributed by atoms with E-state index in [1.165, 1.54) is 34.8 Å². The average Bonchev–Trinajstić information content (AvgIpc) is 4.04.